The van der Waals surface area contributed by atoms with Crippen LogP contribution in [0.5, 0.6) is 0 Å². The van der Waals surface area contributed by atoms with Gasteiger partial charge in [0.25, 0.3) is 5.69 Å². The molecular formula is C18H17ClN6O4S2. The second-order valence-electron chi connectivity index (χ2n) is 6.32. The summed E-state index contributed by atoms with van der Waals surface area (Å²) in [6.07, 6.45) is 0.0911. The van der Waals surface area contributed by atoms with Crippen molar-refractivity contribution in [3.63, 3.8) is 0 Å². The first-order valence-corrected chi connectivity index (χ1v) is 11.1. The number of rotatable bonds is 9. The van der Waals surface area contributed by atoms with Crippen molar-refractivity contribution in [3.05, 3.63) is 50.8 Å². The van der Waals surface area contributed by atoms with Gasteiger partial charge < -0.3 is 15.6 Å². The second-order valence-corrected chi connectivity index (χ2v) is 8.98. The fraction of sp³-hybridized carbons (Fsp3) is 0.222. The highest BCUT2D eigenvalue weighted by molar-refractivity contribution is 8.00. The van der Waals surface area contributed by atoms with Crippen LogP contribution in [0.3, 0.4) is 0 Å². The first kappa shape index (κ1) is 22.7. The summed E-state index contributed by atoms with van der Waals surface area (Å²) in [5.41, 5.74) is 5.24. The van der Waals surface area contributed by atoms with Crippen molar-refractivity contribution in [2.45, 2.75) is 30.3 Å². The van der Waals surface area contributed by atoms with Crippen LogP contribution in [-0.2, 0) is 16.1 Å². The zero-order valence-electron chi connectivity index (χ0n) is 16.1. The van der Waals surface area contributed by atoms with Gasteiger partial charge in [-0.15, -0.1) is 21.5 Å². The topological polar surface area (TPSA) is 146 Å². The Kier molecular flexibility index (Phi) is 7.25. The van der Waals surface area contributed by atoms with Gasteiger partial charge >= 0.3 is 0 Å². The number of aromatic nitrogens is 3. The minimum absolute atomic E-state index is 0.0911. The molecule has 0 saturated heterocycles. The van der Waals surface area contributed by atoms with Crippen LogP contribution < -0.4 is 11.1 Å². The summed E-state index contributed by atoms with van der Waals surface area (Å²) in [4.78, 5) is 35.2. The number of carbonyl (C=O) groups is 2. The number of hydrogen-bond donors (Lipinski definition) is 2. The number of amides is 2. The van der Waals surface area contributed by atoms with Crippen LogP contribution in [0.1, 0.15) is 13.3 Å². The van der Waals surface area contributed by atoms with Gasteiger partial charge in [0, 0.05) is 25.1 Å². The second kappa shape index (κ2) is 9.90. The molecule has 3 rings (SSSR count). The number of thiophene rings is 1. The Morgan fingerprint density at radius 3 is 2.81 bits per heavy atom. The lowest BCUT2D eigenvalue weighted by molar-refractivity contribution is -0.384. The van der Waals surface area contributed by atoms with Crippen molar-refractivity contribution < 1.29 is 14.5 Å². The van der Waals surface area contributed by atoms with E-state index in [0.717, 1.165) is 16.6 Å². The average molecular weight is 481 g/mol. The molecule has 1 atom stereocenters. The van der Waals surface area contributed by atoms with E-state index in [9.17, 15) is 19.7 Å². The normalized spacial score (nSPS) is 11.8. The fourth-order valence-electron chi connectivity index (χ4n) is 2.56. The van der Waals surface area contributed by atoms with Gasteiger partial charge in [-0.1, -0.05) is 29.4 Å². The van der Waals surface area contributed by atoms with E-state index >= 15 is 0 Å². The molecule has 162 valence electrons. The number of nitro benzene ring substituents is 1. The maximum absolute atomic E-state index is 12.7. The Hall–Kier alpha value is -2.96. The van der Waals surface area contributed by atoms with Crippen LogP contribution in [0.4, 0.5) is 11.4 Å². The molecule has 31 heavy (non-hydrogen) atoms. The molecule has 3 aromatic rings. The molecule has 1 unspecified atom stereocenters. The Morgan fingerprint density at radius 2 is 2.16 bits per heavy atom. The summed E-state index contributed by atoms with van der Waals surface area (Å²) in [5.74, 6) is -0.310. The third-order valence-corrected chi connectivity index (χ3v) is 6.39. The number of benzene rings is 1. The number of halogens is 1. The maximum Gasteiger partial charge on any atom is 0.271 e. The Morgan fingerprint density at radius 1 is 1.39 bits per heavy atom. The van der Waals surface area contributed by atoms with Crippen LogP contribution in [0, 0.1) is 10.1 Å². The summed E-state index contributed by atoms with van der Waals surface area (Å²) in [6, 6.07) is 7.55. The molecule has 2 amide bonds. The van der Waals surface area contributed by atoms with Gasteiger partial charge in [0.05, 0.1) is 25.8 Å². The number of thioether (sulfide) groups is 1. The monoisotopic (exact) mass is 480 g/mol. The molecule has 0 saturated carbocycles. The van der Waals surface area contributed by atoms with E-state index in [4.69, 9.17) is 17.3 Å². The molecule has 13 heteroatoms. The Balaban J connectivity index is 1.79. The molecule has 0 radical (unpaired) electrons. The first-order chi connectivity index (χ1) is 14.8. The van der Waals surface area contributed by atoms with Crippen molar-refractivity contribution >= 4 is 57.9 Å². The van der Waals surface area contributed by atoms with Crippen molar-refractivity contribution in [3.8, 4) is 10.7 Å². The van der Waals surface area contributed by atoms with Crippen LogP contribution in [0.2, 0.25) is 5.02 Å². The molecule has 1 aromatic carbocycles. The number of primary amides is 1. The summed E-state index contributed by atoms with van der Waals surface area (Å²) in [6.45, 7) is 1.92. The summed E-state index contributed by atoms with van der Waals surface area (Å²) in [5, 5.41) is 23.8. The van der Waals surface area contributed by atoms with Crippen molar-refractivity contribution in [1.29, 1.82) is 0 Å². The Labute approximate surface area is 189 Å². The molecule has 0 aliphatic rings. The molecule has 0 bridgehead atoms. The number of nitro groups is 1. The Bertz CT molecular complexity index is 1120. The highest BCUT2D eigenvalue weighted by atomic mass is 35.5. The van der Waals surface area contributed by atoms with E-state index in [-0.39, 0.29) is 29.4 Å². The minimum Gasteiger partial charge on any atom is -0.370 e. The van der Waals surface area contributed by atoms with E-state index in [0.29, 0.717) is 11.0 Å². The third-order valence-electron chi connectivity index (χ3n) is 4.11. The van der Waals surface area contributed by atoms with Crippen LogP contribution in [0.25, 0.3) is 10.7 Å². The number of nitrogens with one attached hydrogen (secondary N) is 1. The standard InChI is InChI=1S/C18H17ClN6O4S2/c1-10(17(27)21-13-9-11(25(28)29)4-5-12(13)19)31-18-23-22-16(14-3-2-8-30-14)24(18)7-6-15(20)26/h2-5,8-10H,6-7H2,1H3,(H2,20,26)(H,21,27). The van der Waals surface area contributed by atoms with Gasteiger partial charge in [0.15, 0.2) is 11.0 Å². The van der Waals surface area contributed by atoms with Crippen molar-refractivity contribution in [2.75, 3.05) is 5.32 Å². The van der Waals surface area contributed by atoms with E-state index in [2.05, 4.69) is 15.5 Å². The van der Waals surface area contributed by atoms with Gasteiger partial charge in [-0.2, -0.15) is 0 Å². The zero-order chi connectivity index (χ0) is 22.5. The van der Waals surface area contributed by atoms with E-state index in [1.807, 2.05) is 17.5 Å². The van der Waals surface area contributed by atoms with Gasteiger partial charge in [-0.25, -0.2) is 0 Å². The van der Waals surface area contributed by atoms with Crippen LogP contribution in [0.15, 0.2) is 40.9 Å². The number of anilines is 1. The minimum atomic E-state index is -0.636. The van der Waals surface area contributed by atoms with Gasteiger partial charge in [0.2, 0.25) is 11.8 Å². The van der Waals surface area contributed by atoms with E-state index in [1.165, 1.54) is 29.5 Å². The SMILES string of the molecule is CC(Sc1nnc(-c2cccs2)n1CCC(N)=O)C(=O)Nc1cc([N+](=O)[O-])ccc1Cl. The van der Waals surface area contributed by atoms with Gasteiger partial charge in [-0.05, 0) is 24.4 Å². The maximum atomic E-state index is 12.7. The third kappa shape index (κ3) is 5.60. The number of carbonyl (C=O) groups excluding carboxylic acids is 2. The van der Waals surface area contributed by atoms with Crippen LogP contribution >= 0.6 is 34.7 Å². The van der Waals surface area contributed by atoms with Crippen molar-refractivity contribution in [2.24, 2.45) is 5.73 Å². The first-order valence-electron chi connectivity index (χ1n) is 8.93. The quantitative estimate of drug-likeness (QED) is 0.270. The molecule has 0 aliphatic carbocycles. The van der Waals surface area contributed by atoms with Gasteiger partial charge in [0.1, 0.15) is 0 Å². The van der Waals surface area contributed by atoms with Gasteiger partial charge in [-0.3, -0.25) is 19.7 Å². The highest BCUT2D eigenvalue weighted by Crippen LogP contribution is 2.31. The number of nitrogens with two attached hydrogens (primary N) is 1. The molecular weight excluding hydrogens is 464 g/mol. The molecule has 0 aliphatic heterocycles. The molecule has 2 aromatic heterocycles. The highest BCUT2D eigenvalue weighted by Gasteiger charge is 2.22. The molecule has 0 spiro atoms. The molecule has 2 heterocycles. The van der Waals surface area contributed by atoms with E-state index in [1.54, 1.807) is 11.5 Å². The smallest absolute Gasteiger partial charge is 0.271 e. The average Bonchev–Trinajstić information content (AvgIpc) is 3.37. The summed E-state index contributed by atoms with van der Waals surface area (Å²) < 4.78 is 1.74. The van der Waals surface area contributed by atoms with Crippen LogP contribution in [-0.4, -0.2) is 36.8 Å². The lowest BCUT2D eigenvalue weighted by Crippen LogP contribution is -2.23. The molecule has 3 N–H and O–H groups in total. The number of nitrogens with zero attached hydrogens (tertiary/aromatic N) is 4. The summed E-state index contributed by atoms with van der Waals surface area (Å²) in [7, 11) is 0. The lowest BCUT2D eigenvalue weighted by Gasteiger charge is -2.14. The molecule has 0 fully saturated rings. The predicted octanol–water partition coefficient (Wildman–Crippen LogP) is 3.56. The van der Waals surface area contributed by atoms with E-state index < -0.39 is 22.0 Å². The number of hydrogen-bond acceptors (Lipinski definition) is 8. The predicted molar refractivity (Wildman–Crippen MR) is 119 cm³/mol. The molecule has 10 nitrogen and oxygen atoms in total. The fourth-order valence-corrected chi connectivity index (χ4v) is 4.31. The number of non-ortho nitro benzene ring substituents is 1. The van der Waals surface area contributed by atoms with Crippen molar-refractivity contribution in [1.82, 2.24) is 14.8 Å². The zero-order valence-corrected chi connectivity index (χ0v) is 18.5. The lowest BCUT2D eigenvalue weighted by atomic mass is 10.2. The largest absolute Gasteiger partial charge is 0.370 e. The summed E-state index contributed by atoms with van der Waals surface area (Å²) >= 11 is 8.66.